The SMILES string of the molecule is O=C(CN1CCOc2ccccc2C1)c1ccc(I)cc1. The Bertz CT molecular complexity index is 639. The van der Waals surface area contributed by atoms with Gasteiger partial charge in [0.05, 0.1) is 6.54 Å². The zero-order valence-corrected chi connectivity index (χ0v) is 13.7. The summed E-state index contributed by atoms with van der Waals surface area (Å²) in [6.07, 6.45) is 0. The van der Waals surface area contributed by atoms with Crippen LogP contribution in [0.3, 0.4) is 0 Å². The highest BCUT2D eigenvalue weighted by molar-refractivity contribution is 14.1. The molecule has 2 aromatic carbocycles. The number of rotatable bonds is 3. The van der Waals surface area contributed by atoms with Crippen LogP contribution in [0.4, 0.5) is 0 Å². The molecule has 4 heteroatoms. The van der Waals surface area contributed by atoms with Crippen molar-refractivity contribution >= 4 is 28.4 Å². The summed E-state index contributed by atoms with van der Waals surface area (Å²) in [4.78, 5) is 14.5. The topological polar surface area (TPSA) is 29.5 Å². The smallest absolute Gasteiger partial charge is 0.176 e. The van der Waals surface area contributed by atoms with Gasteiger partial charge in [0.1, 0.15) is 12.4 Å². The molecule has 0 amide bonds. The molecule has 0 radical (unpaired) electrons. The number of para-hydroxylation sites is 1. The van der Waals surface area contributed by atoms with Crippen molar-refractivity contribution in [3.63, 3.8) is 0 Å². The van der Waals surface area contributed by atoms with Gasteiger partial charge >= 0.3 is 0 Å². The predicted molar refractivity (Wildman–Crippen MR) is 90.7 cm³/mol. The molecule has 3 rings (SSSR count). The van der Waals surface area contributed by atoms with E-state index in [0.717, 1.165) is 33.5 Å². The molecule has 0 N–H and O–H groups in total. The third-order valence-corrected chi connectivity index (χ3v) is 4.28. The lowest BCUT2D eigenvalue weighted by atomic mass is 10.1. The van der Waals surface area contributed by atoms with Crippen molar-refractivity contribution in [2.24, 2.45) is 0 Å². The van der Waals surface area contributed by atoms with E-state index < -0.39 is 0 Å². The fraction of sp³-hybridized carbons (Fsp3) is 0.235. The number of hydrogen-bond acceptors (Lipinski definition) is 3. The van der Waals surface area contributed by atoms with Crippen molar-refractivity contribution in [1.82, 2.24) is 4.90 Å². The molecule has 0 saturated heterocycles. The van der Waals surface area contributed by atoms with Crippen LogP contribution >= 0.6 is 22.6 Å². The molecule has 1 aliphatic heterocycles. The molecule has 0 bridgehead atoms. The Morgan fingerprint density at radius 2 is 1.90 bits per heavy atom. The van der Waals surface area contributed by atoms with Gasteiger partial charge in [-0.25, -0.2) is 0 Å². The number of hydrogen-bond donors (Lipinski definition) is 0. The van der Waals surface area contributed by atoms with E-state index >= 15 is 0 Å². The summed E-state index contributed by atoms with van der Waals surface area (Å²) in [5.74, 6) is 1.09. The van der Waals surface area contributed by atoms with E-state index in [1.807, 2.05) is 42.5 Å². The van der Waals surface area contributed by atoms with Crippen LogP contribution in [0, 0.1) is 3.57 Å². The number of fused-ring (bicyclic) bond motifs is 1. The Kier molecular flexibility index (Phi) is 4.55. The molecular weight excluding hydrogens is 377 g/mol. The summed E-state index contributed by atoms with van der Waals surface area (Å²) < 4.78 is 6.87. The number of ether oxygens (including phenoxy) is 1. The van der Waals surface area contributed by atoms with Crippen LogP contribution in [0.5, 0.6) is 5.75 Å². The van der Waals surface area contributed by atoms with Gasteiger partial charge in [-0.15, -0.1) is 0 Å². The third kappa shape index (κ3) is 3.63. The Hall–Kier alpha value is -1.40. The fourth-order valence-electron chi connectivity index (χ4n) is 2.45. The highest BCUT2D eigenvalue weighted by Crippen LogP contribution is 2.22. The molecule has 0 spiro atoms. The van der Waals surface area contributed by atoms with Crippen molar-refractivity contribution in [1.29, 1.82) is 0 Å². The van der Waals surface area contributed by atoms with Gasteiger partial charge in [0.25, 0.3) is 0 Å². The molecule has 1 heterocycles. The first-order valence-electron chi connectivity index (χ1n) is 6.94. The molecule has 0 aliphatic carbocycles. The molecule has 3 nitrogen and oxygen atoms in total. The molecule has 0 atom stereocenters. The Labute approximate surface area is 138 Å². The van der Waals surface area contributed by atoms with E-state index in [0.29, 0.717) is 13.2 Å². The van der Waals surface area contributed by atoms with E-state index in [9.17, 15) is 4.79 Å². The van der Waals surface area contributed by atoms with Crippen LogP contribution in [0.2, 0.25) is 0 Å². The van der Waals surface area contributed by atoms with Crippen LogP contribution in [-0.4, -0.2) is 30.4 Å². The maximum absolute atomic E-state index is 12.4. The van der Waals surface area contributed by atoms with E-state index in [1.54, 1.807) is 0 Å². The van der Waals surface area contributed by atoms with Crippen LogP contribution in [0.25, 0.3) is 0 Å². The maximum atomic E-state index is 12.4. The first-order valence-corrected chi connectivity index (χ1v) is 8.02. The van der Waals surface area contributed by atoms with Crippen LogP contribution in [0.1, 0.15) is 15.9 Å². The van der Waals surface area contributed by atoms with Crippen molar-refractivity contribution in [2.45, 2.75) is 6.54 Å². The summed E-state index contributed by atoms with van der Waals surface area (Å²) in [6.45, 7) is 2.58. The summed E-state index contributed by atoms with van der Waals surface area (Å²) in [5, 5.41) is 0. The van der Waals surface area contributed by atoms with E-state index in [-0.39, 0.29) is 5.78 Å². The summed E-state index contributed by atoms with van der Waals surface area (Å²) in [7, 11) is 0. The summed E-state index contributed by atoms with van der Waals surface area (Å²) >= 11 is 2.24. The minimum absolute atomic E-state index is 0.158. The lowest BCUT2D eigenvalue weighted by molar-refractivity contribution is 0.0921. The summed E-state index contributed by atoms with van der Waals surface area (Å²) in [6, 6.07) is 15.8. The van der Waals surface area contributed by atoms with E-state index in [4.69, 9.17) is 4.74 Å². The van der Waals surface area contributed by atoms with Crippen molar-refractivity contribution in [2.75, 3.05) is 19.7 Å². The van der Waals surface area contributed by atoms with Crippen molar-refractivity contribution in [3.8, 4) is 5.75 Å². The molecule has 21 heavy (non-hydrogen) atoms. The number of Topliss-reactive ketones (excluding diaryl/α,β-unsaturated/α-hetero) is 1. The average Bonchev–Trinajstić information content (AvgIpc) is 2.69. The summed E-state index contributed by atoms with van der Waals surface area (Å²) in [5.41, 5.74) is 1.92. The van der Waals surface area contributed by atoms with Crippen molar-refractivity contribution in [3.05, 3.63) is 63.2 Å². The number of nitrogens with zero attached hydrogens (tertiary/aromatic N) is 1. The fourth-order valence-corrected chi connectivity index (χ4v) is 2.80. The lowest BCUT2D eigenvalue weighted by Gasteiger charge is -2.18. The third-order valence-electron chi connectivity index (χ3n) is 3.57. The molecule has 108 valence electrons. The van der Waals surface area contributed by atoms with Crippen LogP contribution in [0.15, 0.2) is 48.5 Å². The second-order valence-corrected chi connectivity index (χ2v) is 6.34. The van der Waals surface area contributed by atoms with Gasteiger partial charge in [-0.3, -0.25) is 9.69 Å². The normalized spacial score (nSPS) is 14.9. The standard InChI is InChI=1S/C17H16INO2/c18-15-7-5-13(6-8-15)16(20)12-19-9-10-21-17-4-2-1-3-14(17)11-19/h1-8H,9-12H2. The zero-order valence-electron chi connectivity index (χ0n) is 11.6. The molecule has 0 saturated carbocycles. The minimum Gasteiger partial charge on any atom is -0.492 e. The first-order chi connectivity index (χ1) is 10.2. The van der Waals surface area contributed by atoms with Crippen molar-refractivity contribution < 1.29 is 9.53 Å². The average molecular weight is 393 g/mol. The van der Waals surface area contributed by atoms with Gasteiger partial charge < -0.3 is 4.74 Å². The number of benzene rings is 2. The number of carbonyl (C=O) groups is 1. The Balaban J connectivity index is 1.70. The largest absolute Gasteiger partial charge is 0.492 e. The quantitative estimate of drug-likeness (QED) is 0.592. The second kappa shape index (κ2) is 6.58. The van der Waals surface area contributed by atoms with Crippen LogP contribution in [-0.2, 0) is 6.54 Å². The molecule has 0 aromatic heterocycles. The monoisotopic (exact) mass is 393 g/mol. The van der Waals surface area contributed by atoms with Crippen LogP contribution < -0.4 is 4.74 Å². The maximum Gasteiger partial charge on any atom is 0.176 e. The van der Waals surface area contributed by atoms with Gasteiger partial charge in [0, 0.05) is 27.8 Å². The predicted octanol–water partition coefficient (Wildman–Crippen LogP) is 3.37. The van der Waals surface area contributed by atoms with Gasteiger partial charge in [-0.1, -0.05) is 30.3 Å². The molecule has 2 aromatic rings. The van der Waals surface area contributed by atoms with E-state index in [1.165, 1.54) is 0 Å². The molecule has 0 fully saturated rings. The van der Waals surface area contributed by atoms with Gasteiger partial charge in [-0.05, 0) is 40.8 Å². The highest BCUT2D eigenvalue weighted by atomic mass is 127. The number of ketones is 1. The highest BCUT2D eigenvalue weighted by Gasteiger charge is 2.18. The first kappa shape index (κ1) is 14.5. The van der Waals surface area contributed by atoms with Gasteiger partial charge in [-0.2, -0.15) is 0 Å². The Morgan fingerprint density at radius 3 is 2.71 bits per heavy atom. The van der Waals surface area contributed by atoms with E-state index in [2.05, 4.69) is 33.6 Å². The second-order valence-electron chi connectivity index (χ2n) is 5.10. The number of halogens is 1. The lowest BCUT2D eigenvalue weighted by Crippen LogP contribution is -2.31. The molecular formula is C17H16INO2. The minimum atomic E-state index is 0.158. The molecule has 0 unspecified atom stereocenters. The zero-order chi connectivity index (χ0) is 14.7. The van der Waals surface area contributed by atoms with Gasteiger partial charge in [0.2, 0.25) is 0 Å². The molecule has 1 aliphatic rings. The number of carbonyl (C=O) groups excluding carboxylic acids is 1. The Morgan fingerprint density at radius 1 is 1.14 bits per heavy atom. The van der Waals surface area contributed by atoms with Gasteiger partial charge in [0.15, 0.2) is 5.78 Å².